The third kappa shape index (κ3) is 1.88. The monoisotopic (exact) mass is 206 g/mol. The highest BCUT2D eigenvalue weighted by Gasteiger charge is 2.55. The van der Waals surface area contributed by atoms with Crippen LogP contribution in [0.3, 0.4) is 0 Å². The van der Waals surface area contributed by atoms with Crippen molar-refractivity contribution in [2.45, 2.75) is 25.6 Å². The number of benzene rings is 1. The van der Waals surface area contributed by atoms with Gasteiger partial charge in [-0.15, -0.1) is 0 Å². The summed E-state index contributed by atoms with van der Waals surface area (Å²) in [6, 6.07) is 9.46. The Morgan fingerprint density at radius 2 is 2.00 bits per heavy atom. The molecule has 2 rings (SSSR count). The van der Waals surface area contributed by atoms with E-state index in [-0.39, 0.29) is 12.1 Å². The van der Waals surface area contributed by atoms with Crippen LogP contribution in [-0.4, -0.2) is 18.7 Å². The minimum Gasteiger partial charge on any atom is -0.461 e. The van der Waals surface area contributed by atoms with Crippen molar-refractivity contribution >= 4 is 5.97 Å². The predicted octanol–water partition coefficient (Wildman–Crippen LogP) is 1.86. The number of hydrogen-bond acceptors (Lipinski definition) is 3. The van der Waals surface area contributed by atoms with Gasteiger partial charge >= 0.3 is 5.97 Å². The fraction of sp³-hybridized carbons (Fsp3) is 0.417. The number of esters is 1. The van der Waals surface area contributed by atoms with Gasteiger partial charge in [0.05, 0.1) is 12.7 Å². The smallest absolute Gasteiger partial charge is 0.345 e. The maximum atomic E-state index is 11.8. The Balaban J connectivity index is 2.18. The summed E-state index contributed by atoms with van der Waals surface area (Å²) in [4.78, 5) is 11.8. The van der Waals surface area contributed by atoms with E-state index >= 15 is 0 Å². The van der Waals surface area contributed by atoms with Gasteiger partial charge in [-0.2, -0.15) is 0 Å². The van der Waals surface area contributed by atoms with E-state index in [2.05, 4.69) is 0 Å². The number of rotatable bonds is 3. The molecule has 0 spiro atoms. The van der Waals surface area contributed by atoms with Crippen molar-refractivity contribution < 1.29 is 14.3 Å². The van der Waals surface area contributed by atoms with E-state index in [9.17, 15) is 4.79 Å². The lowest BCUT2D eigenvalue weighted by molar-refractivity contribution is -0.154. The molecule has 1 aromatic carbocycles. The number of carbonyl (C=O) groups excluding carboxylic acids is 1. The largest absolute Gasteiger partial charge is 0.461 e. The second-order valence-electron chi connectivity index (χ2n) is 3.94. The average Bonchev–Trinajstić information content (AvgIpc) is 2.99. The Morgan fingerprint density at radius 1 is 1.40 bits per heavy atom. The van der Waals surface area contributed by atoms with E-state index in [1.807, 2.05) is 44.2 Å². The maximum Gasteiger partial charge on any atom is 0.345 e. The van der Waals surface area contributed by atoms with Crippen LogP contribution in [0.2, 0.25) is 0 Å². The third-order valence-electron chi connectivity index (χ3n) is 2.35. The quantitative estimate of drug-likeness (QED) is 0.559. The minimum atomic E-state index is -0.828. The summed E-state index contributed by atoms with van der Waals surface area (Å²) in [6.45, 7) is 4.08. The molecular weight excluding hydrogens is 192 g/mol. The van der Waals surface area contributed by atoms with E-state index < -0.39 is 5.60 Å². The van der Waals surface area contributed by atoms with Crippen LogP contribution in [0, 0.1) is 0 Å². The molecule has 0 radical (unpaired) electrons. The van der Waals surface area contributed by atoms with Crippen LogP contribution >= 0.6 is 0 Å². The second kappa shape index (κ2) is 3.66. The Hall–Kier alpha value is -1.35. The molecule has 1 aromatic rings. The standard InChI is InChI=1S/C12H14O3/c1-9(2)15-11(13)12(8-14-12)10-6-4-3-5-7-10/h3-7,9H,8H2,1-2H3. The topological polar surface area (TPSA) is 38.8 Å². The normalized spacial score (nSPS) is 23.9. The molecular formula is C12H14O3. The minimum absolute atomic E-state index is 0.109. The molecule has 0 aromatic heterocycles. The van der Waals surface area contributed by atoms with Gasteiger partial charge in [-0.1, -0.05) is 30.3 Å². The van der Waals surface area contributed by atoms with Crippen LogP contribution in [0.4, 0.5) is 0 Å². The van der Waals surface area contributed by atoms with Crippen molar-refractivity contribution in [2.24, 2.45) is 0 Å². The molecule has 1 saturated heterocycles. The van der Waals surface area contributed by atoms with Crippen LogP contribution in [-0.2, 0) is 19.9 Å². The lowest BCUT2D eigenvalue weighted by Gasteiger charge is -2.13. The van der Waals surface area contributed by atoms with Gasteiger partial charge < -0.3 is 9.47 Å². The lowest BCUT2D eigenvalue weighted by Crippen LogP contribution is -2.27. The first kappa shape index (κ1) is 10.2. The molecule has 15 heavy (non-hydrogen) atoms. The Bertz CT molecular complexity index is 352. The first-order valence-corrected chi connectivity index (χ1v) is 5.06. The maximum absolute atomic E-state index is 11.8. The van der Waals surface area contributed by atoms with E-state index in [0.29, 0.717) is 6.61 Å². The van der Waals surface area contributed by atoms with Crippen molar-refractivity contribution in [3.8, 4) is 0 Å². The van der Waals surface area contributed by atoms with E-state index in [1.54, 1.807) is 0 Å². The van der Waals surface area contributed by atoms with Crippen molar-refractivity contribution in [1.82, 2.24) is 0 Å². The van der Waals surface area contributed by atoms with Crippen LogP contribution in [0.5, 0.6) is 0 Å². The molecule has 3 nitrogen and oxygen atoms in total. The van der Waals surface area contributed by atoms with Gasteiger partial charge in [-0.3, -0.25) is 0 Å². The molecule has 1 atom stereocenters. The van der Waals surface area contributed by atoms with Crippen LogP contribution in [0.1, 0.15) is 19.4 Å². The number of carbonyl (C=O) groups is 1. The fourth-order valence-corrected chi connectivity index (χ4v) is 1.49. The predicted molar refractivity (Wildman–Crippen MR) is 55.3 cm³/mol. The van der Waals surface area contributed by atoms with E-state index in [0.717, 1.165) is 5.56 Å². The molecule has 0 aliphatic carbocycles. The molecule has 0 bridgehead atoms. The van der Waals surface area contributed by atoms with Gasteiger partial charge in [-0.05, 0) is 19.4 Å². The molecule has 1 heterocycles. The summed E-state index contributed by atoms with van der Waals surface area (Å²) in [6.07, 6.45) is -0.109. The summed E-state index contributed by atoms with van der Waals surface area (Å²) >= 11 is 0. The van der Waals surface area contributed by atoms with Gasteiger partial charge in [-0.25, -0.2) is 4.79 Å². The zero-order valence-corrected chi connectivity index (χ0v) is 8.90. The molecule has 0 saturated carbocycles. The van der Waals surface area contributed by atoms with Crippen molar-refractivity contribution in [3.05, 3.63) is 35.9 Å². The Kier molecular flexibility index (Phi) is 2.49. The molecule has 1 unspecified atom stereocenters. The number of ether oxygens (including phenoxy) is 2. The third-order valence-corrected chi connectivity index (χ3v) is 2.35. The van der Waals surface area contributed by atoms with Gasteiger partial charge in [0.2, 0.25) is 5.60 Å². The van der Waals surface area contributed by atoms with Crippen LogP contribution < -0.4 is 0 Å². The fourth-order valence-electron chi connectivity index (χ4n) is 1.49. The zero-order valence-electron chi connectivity index (χ0n) is 8.90. The van der Waals surface area contributed by atoms with Crippen LogP contribution in [0.25, 0.3) is 0 Å². The van der Waals surface area contributed by atoms with E-state index in [1.165, 1.54) is 0 Å². The first-order valence-electron chi connectivity index (χ1n) is 5.06. The number of hydrogen-bond donors (Lipinski definition) is 0. The van der Waals surface area contributed by atoms with Gasteiger partial charge in [0.25, 0.3) is 0 Å². The van der Waals surface area contributed by atoms with Gasteiger partial charge in [0.15, 0.2) is 0 Å². The molecule has 1 aliphatic rings. The van der Waals surface area contributed by atoms with Crippen molar-refractivity contribution in [1.29, 1.82) is 0 Å². The summed E-state index contributed by atoms with van der Waals surface area (Å²) in [5.74, 6) is -0.288. The molecule has 3 heteroatoms. The second-order valence-corrected chi connectivity index (χ2v) is 3.94. The zero-order chi connectivity index (χ0) is 10.9. The Morgan fingerprint density at radius 3 is 2.47 bits per heavy atom. The summed E-state index contributed by atoms with van der Waals surface area (Å²) in [7, 11) is 0. The highest BCUT2D eigenvalue weighted by atomic mass is 16.6. The first-order chi connectivity index (χ1) is 7.15. The summed E-state index contributed by atoms with van der Waals surface area (Å²) in [5, 5.41) is 0. The lowest BCUT2D eigenvalue weighted by atomic mass is 10.0. The summed E-state index contributed by atoms with van der Waals surface area (Å²) < 4.78 is 10.4. The van der Waals surface area contributed by atoms with Gasteiger partial charge in [0, 0.05) is 0 Å². The van der Waals surface area contributed by atoms with Crippen molar-refractivity contribution in [3.63, 3.8) is 0 Å². The molecule has 1 fully saturated rings. The van der Waals surface area contributed by atoms with Crippen LogP contribution in [0.15, 0.2) is 30.3 Å². The highest BCUT2D eigenvalue weighted by molar-refractivity contribution is 5.84. The number of epoxide rings is 1. The summed E-state index contributed by atoms with van der Waals surface area (Å²) in [5.41, 5.74) is 0.0431. The van der Waals surface area contributed by atoms with E-state index in [4.69, 9.17) is 9.47 Å². The Labute approximate surface area is 89.0 Å². The molecule has 0 amide bonds. The average molecular weight is 206 g/mol. The van der Waals surface area contributed by atoms with Gasteiger partial charge in [0.1, 0.15) is 0 Å². The molecule has 1 aliphatic heterocycles. The molecule has 80 valence electrons. The SMILES string of the molecule is CC(C)OC(=O)C1(c2ccccc2)CO1. The highest BCUT2D eigenvalue weighted by Crippen LogP contribution is 2.40. The molecule has 0 N–H and O–H groups in total. The van der Waals surface area contributed by atoms with Crippen molar-refractivity contribution in [2.75, 3.05) is 6.61 Å².